The fourth-order valence-corrected chi connectivity index (χ4v) is 1.58. The van der Waals surface area contributed by atoms with Gasteiger partial charge in [0.05, 0.1) is 5.69 Å². The van der Waals surface area contributed by atoms with Crippen molar-refractivity contribution in [2.45, 2.75) is 46.6 Å². The van der Waals surface area contributed by atoms with E-state index in [1.165, 1.54) is 0 Å². The van der Waals surface area contributed by atoms with Crippen LogP contribution in [-0.4, -0.2) is 20.9 Å². The number of carbonyl (C=O) groups is 1. The summed E-state index contributed by atoms with van der Waals surface area (Å²) in [4.78, 5) is 11.2. The van der Waals surface area contributed by atoms with Crippen molar-refractivity contribution in [1.82, 2.24) is 15.0 Å². The molecule has 0 aliphatic rings. The highest BCUT2D eigenvalue weighted by Gasteiger charge is 2.18. The van der Waals surface area contributed by atoms with E-state index >= 15 is 0 Å². The fourth-order valence-electron chi connectivity index (χ4n) is 1.58. The minimum Gasteiger partial charge on any atom is -0.364 e. The van der Waals surface area contributed by atoms with Gasteiger partial charge in [-0.3, -0.25) is 4.79 Å². The Labute approximate surface area is 96.0 Å². The summed E-state index contributed by atoms with van der Waals surface area (Å²) in [6, 6.07) is 0.197. The van der Waals surface area contributed by atoms with E-state index in [-0.39, 0.29) is 6.04 Å². The van der Waals surface area contributed by atoms with Crippen LogP contribution in [0.25, 0.3) is 0 Å². The van der Waals surface area contributed by atoms with Gasteiger partial charge in [0.25, 0.3) is 5.91 Å². The molecule has 1 amide bonds. The molecule has 0 aliphatic heterocycles. The van der Waals surface area contributed by atoms with Gasteiger partial charge in [-0.25, -0.2) is 4.68 Å². The van der Waals surface area contributed by atoms with Crippen LogP contribution in [-0.2, 0) is 6.42 Å². The van der Waals surface area contributed by atoms with Crippen molar-refractivity contribution in [3.05, 3.63) is 11.4 Å². The first-order valence-corrected chi connectivity index (χ1v) is 5.67. The largest absolute Gasteiger partial charge is 0.364 e. The Morgan fingerprint density at radius 2 is 2.00 bits per heavy atom. The highest BCUT2D eigenvalue weighted by Crippen LogP contribution is 2.15. The zero-order valence-electron chi connectivity index (χ0n) is 10.4. The molecule has 0 bridgehead atoms. The lowest BCUT2D eigenvalue weighted by atomic mass is 10.0. The maximum atomic E-state index is 11.2. The molecule has 0 saturated carbocycles. The van der Waals surface area contributed by atoms with Crippen LogP contribution in [0, 0.1) is 5.92 Å². The van der Waals surface area contributed by atoms with Gasteiger partial charge in [-0.05, 0) is 32.6 Å². The topological polar surface area (TPSA) is 73.8 Å². The molecular weight excluding hydrogens is 204 g/mol. The molecule has 16 heavy (non-hydrogen) atoms. The Balaban J connectivity index is 2.99. The lowest BCUT2D eigenvalue weighted by molar-refractivity contribution is 0.0994. The summed E-state index contributed by atoms with van der Waals surface area (Å²) < 4.78 is 1.78. The van der Waals surface area contributed by atoms with Gasteiger partial charge < -0.3 is 5.73 Å². The highest BCUT2D eigenvalue weighted by molar-refractivity contribution is 5.91. The third kappa shape index (κ3) is 2.81. The van der Waals surface area contributed by atoms with Crippen molar-refractivity contribution >= 4 is 5.91 Å². The number of hydrogen-bond acceptors (Lipinski definition) is 3. The predicted molar refractivity (Wildman–Crippen MR) is 62.1 cm³/mol. The SMILES string of the molecule is CC(C)CCc1c(C(N)=O)nnn1C(C)C. The second-order valence-corrected chi connectivity index (χ2v) is 4.72. The standard InChI is InChI=1S/C11H20N4O/c1-7(2)5-6-9-10(11(12)16)13-14-15(9)8(3)4/h7-8H,5-6H2,1-4H3,(H2,12,16). The molecule has 0 spiro atoms. The number of primary amides is 1. The van der Waals surface area contributed by atoms with Crippen LogP contribution in [0.1, 0.15) is 56.3 Å². The molecule has 0 aliphatic carbocycles. The summed E-state index contributed by atoms with van der Waals surface area (Å²) in [5, 5.41) is 7.83. The molecule has 0 aromatic carbocycles. The summed E-state index contributed by atoms with van der Waals surface area (Å²) in [5.74, 6) is 0.0851. The lowest BCUT2D eigenvalue weighted by Crippen LogP contribution is -2.16. The van der Waals surface area contributed by atoms with Crippen LogP contribution in [0.2, 0.25) is 0 Å². The van der Waals surface area contributed by atoms with Crippen LogP contribution in [0.4, 0.5) is 0 Å². The molecule has 0 atom stereocenters. The quantitative estimate of drug-likeness (QED) is 0.824. The van der Waals surface area contributed by atoms with E-state index in [0.29, 0.717) is 11.6 Å². The van der Waals surface area contributed by atoms with Gasteiger partial charge >= 0.3 is 0 Å². The zero-order chi connectivity index (χ0) is 12.3. The first-order chi connectivity index (χ1) is 7.43. The average Bonchev–Trinajstić information content (AvgIpc) is 2.57. The molecule has 1 aromatic rings. The van der Waals surface area contributed by atoms with E-state index in [1.807, 2.05) is 13.8 Å². The van der Waals surface area contributed by atoms with Crippen LogP contribution < -0.4 is 5.73 Å². The third-order valence-electron chi connectivity index (χ3n) is 2.47. The summed E-state index contributed by atoms with van der Waals surface area (Å²) in [6.07, 6.45) is 1.79. The van der Waals surface area contributed by atoms with Crippen molar-refractivity contribution in [2.75, 3.05) is 0 Å². The average molecular weight is 224 g/mol. The Hall–Kier alpha value is -1.39. The molecule has 1 aromatic heterocycles. The maximum Gasteiger partial charge on any atom is 0.271 e. The second-order valence-electron chi connectivity index (χ2n) is 4.72. The molecule has 1 heterocycles. The fraction of sp³-hybridized carbons (Fsp3) is 0.727. The summed E-state index contributed by atoms with van der Waals surface area (Å²) >= 11 is 0. The molecule has 0 unspecified atom stereocenters. The van der Waals surface area contributed by atoms with Crippen molar-refractivity contribution in [3.8, 4) is 0 Å². The minimum absolute atomic E-state index is 0.197. The van der Waals surface area contributed by atoms with Crippen LogP contribution >= 0.6 is 0 Å². The number of carbonyl (C=O) groups excluding carboxylic acids is 1. The van der Waals surface area contributed by atoms with E-state index in [2.05, 4.69) is 24.2 Å². The number of aromatic nitrogens is 3. The van der Waals surface area contributed by atoms with E-state index in [4.69, 9.17) is 5.73 Å². The smallest absolute Gasteiger partial charge is 0.271 e. The van der Waals surface area contributed by atoms with E-state index < -0.39 is 5.91 Å². The van der Waals surface area contributed by atoms with Gasteiger partial charge in [-0.15, -0.1) is 5.10 Å². The monoisotopic (exact) mass is 224 g/mol. The molecule has 0 fully saturated rings. The number of nitrogens with zero attached hydrogens (tertiary/aromatic N) is 3. The van der Waals surface area contributed by atoms with Crippen LogP contribution in [0.15, 0.2) is 0 Å². The summed E-state index contributed by atoms with van der Waals surface area (Å²) in [7, 11) is 0. The Kier molecular flexibility index (Phi) is 4.04. The van der Waals surface area contributed by atoms with Crippen molar-refractivity contribution in [3.63, 3.8) is 0 Å². The molecule has 1 rings (SSSR count). The van der Waals surface area contributed by atoms with Gasteiger partial charge in [-0.1, -0.05) is 19.1 Å². The maximum absolute atomic E-state index is 11.2. The molecule has 0 radical (unpaired) electrons. The number of nitrogens with two attached hydrogens (primary N) is 1. The van der Waals surface area contributed by atoms with Gasteiger partial charge in [0.1, 0.15) is 0 Å². The Morgan fingerprint density at radius 3 is 2.44 bits per heavy atom. The van der Waals surface area contributed by atoms with Gasteiger partial charge in [0.2, 0.25) is 0 Å². The van der Waals surface area contributed by atoms with E-state index in [0.717, 1.165) is 18.5 Å². The Bertz CT molecular complexity index is 368. The third-order valence-corrected chi connectivity index (χ3v) is 2.47. The second kappa shape index (κ2) is 5.09. The zero-order valence-corrected chi connectivity index (χ0v) is 10.4. The van der Waals surface area contributed by atoms with Gasteiger partial charge in [0, 0.05) is 6.04 Å². The van der Waals surface area contributed by atoms with E-state index in [9.17, 15) is 4.79 Å². The van der Waals surface area contributed by atoms with Crippen molar-refractivity contribution < 1.29 is 4.79 Å². The predicted octanol–water partition coefficient (Wildman–Crippen LogP) is 1.55. The first-order valence-electron chi connectivity index (χ1n) is 5.67. The lowest BCUT2D eigenvalue weighted by Gasteiger charge is -2.11. The Morgan fingerprint density at radius 1 is 1.38 bits per heavy atom. The first kappa shape index (κ1) is 12.7. The van der Waals surface area contributed by atoms with Gasteiger partial charge in [-0.2, -0.15) is 0 Å². The summed E-state index contributed by atoms with van der Waals surface area (Å²) in [5.41, 5.74) is 6.45. The number of amides is 1. The van der Waals surface area contributed by atoms with E-state index in [1.54, 1.807) is 4.68 Å². The van der Waals surface area contributed by atoms with Crippen molar-refractivity contribution in [1.29, 1.82) is 0 Å². The summed E-state index contributed by atoms with van der Waals surface area (Å²) in [6.45, 7) is 8.32. The molecule has 5 nitrogen and oxygen atoms in total. The minimum atomic E-state index is -0.495. The number of rotatable bonds is 5. The molecule has 5 heteroatoms. The van der Waals surface area contributed by atoms with Crippen molar-refractivity contribution in [2.24, 2.45) is 11.7 Å². The molecule has 0 saturated heterocycles. The van der Waals surface area contributed by atoms with Crippen LogP contribution in [0.5, 0.6) is 0 Å². The number of hydrogen-bond donors (Lipinski definition) is 1. The van der Waals surface area contributed by atoms with Crippen LogP contribution in [0.3, 0.4) is 0 Å². The molecule has 90 valence electrons. The normalized spacial score (nSPS) is 11.4. The van der Waals surface area contributed by atoms with Gasteiger partial charge in [0.15, 0.2) is 5.69 Å². The highest BCUT2D eigenvalue weighted by atomic mass is 16.1. The molecular formula is C11H20N4O. The molecule has 2 N–H and O–H groups in total.